The molecule has 2 heterocycles. The van der Waals surface area contributed by atoms with E-state index in [9.17, 15) is 6.48 Å². The minimum absolute atomic E-state index is 0.0851. The van der Waals surface area contributed by atoms with Crippen LogP contribution in [0.5, 0.6) is 5.75 Å². The molecular weight excluding hydrogens is 791 g/mol. The van der Waals surface area contributed by atoms with E-state index in [0.29, 0.717) is 11.4 Å². The molecule has 0 radical (unpaired) electrons. The lowest BCUT2D eigenvalue weighted by Crippen LogP contribution is -2.13. The zero-order valence-corrected chi connectivity index (χ0v) is 39.1. The molecule has 0 unspecified atom stereocenters. The van der Waals surface area contributed by atoms with Crippen molar-refractivity contribution in [3.63, 3.8) is 0 Å². The first-order valence-electron chi connectivity index (χ1n) is 23.4. The van der Waals surface area contributed by atoms with Crippen molar-refractivity contribution >= 4 is 11.0 Å². The Hall–Kier alpha value is -7.04. The normalized spacial score (nSPS) is 12.3. The van der Waals surface area contributed by atoms with Gasteiger partial charge in [-0.3, -0.25) is 9.55 Å². The smallest absolute Gasteiger partial charge is 0.149 e. The van der Waals surface area contributed by atoms with Gasteiger partial charge < -0.3 is 5.11 Å². The van der Waals surface area contributed by atoms with Gasteiger partial charge in [-0.25, -0.2) is 4.98 Å². The Kier molecular flexibility index (Phi) is 11.3. The number of imidazole rings is 1. The second-order valence-corrected chi connectivity index (χ2v) is 19.2. The number of hydrogen-bond acceptors (Lipinski definition) is 3. The molecule has 0 amide bonds. The van der Waals surface area contributed by atoms with Gasteiger partial charge in [-0.2, -0.15) is 0 Å². The first-order valence-corrected chi connectivity index (χ1v) is 22.9. The Morgan fingerprint density at radius 2 is 1.17 bits per heavy atom. The number of phenolic OH excluding ortho intramolecular Hbond substituents is 1. The van der Waals surface area contributed by atoms with Crippen LogP contribution in [0.1, 0.15) is 104 Å². The number of benzene rings is 7. The summed E-state index contributed by atoms with van der Waals surface area (Å²) in [6.07, 6.45) is 1.89. The fraction of sp³-hybridized carbons (Fsp3) is 0.213. The number of nitrogens with zero attached hydrogens (tertiary/aromatic N) is 3. The third kappa shape index (κ3) is 8.42. The van der Waals surface area contributed by atoms with E-state index in [2.05, 4.69) is 205 Å². The zero-order valence-electron chi connectivity index (χ0n) is 40.1. The molecule has 4 nitrogen and oxygen atoms in total. The Bertz CT molecular complexity index is 3220. The molecule has 0 aliphatic carbocycles. The fourth-order valence-corrected chi connectivity index (χ4v) is 9.22. The summed E-state index contributed by atoms with van der Waals surface area (Å²) in [5.41, 5.74) is 17.8. The first kappa shape index (κ1) is 41.9. The Morgan fingerprint density at radius 3 is 1.85 bits per heavy atom. The third-order valence-corrected chi connectivity index (χ3v) is 12.7. The highest BCUT2D eigenvalue weighted by molar-refractivity contribution is 5.98. The van der Waals surface area contributed by atoms with Crippen LogP contribution in [0.15, 0.2) is 170 Å². The van der Waals surface area contributed by atoms with Gasteiger partial charge >= 0.3 is 0 Å². The standard InChI is InChI=1S/C61H59N3O/c1-38(2)44-34-53(40(5)6)59(65)54(35-44)60-63-58-49(24-18-26-57(58)64(60)48-27-28-50(52(37-48)39(3)4)51-23-16-17-25-55(51)61(7,8)9)46-31-45(42-21-14-11-15-22-42)32-47(33-46)56-36-43(29-30-62-56)41-19-12-10-13-20-41/h10-40,65H,1-9H3/i39D. The van der Waals surface area contributed by atoms with Gasteiger partial charge in [0, 0.05) is 24.4 Å². The molecule has 0 saturated carbocycles. The quantitative estimate of drug-likeness (QED) is 0.149. The van der Waals surface area contributed by atoms with E-state index in [1.54, 1.807) is 0 Å². The van der Waals surface area contributed by atoms with Crippen LogP contribution >= 0.6 is 0 Å². The maximum atomic E-state index is 12.3. The summed E-state index contributed by atoms with van der Waals surface area (Å²) < 4.78 is 11.8. The fourth-order valence-electron chi connectivity index (χ4n) is 9.22. The lowest BCUT2D eigenvalue weighted by Gasteiger charge is -2.25. The molecular formula is C61H59N3O. The zero-order chi connectivity index (χ0) is 46.5. The third-order valence-electron chi connectivity index (χ3n) is 12.7. The monoisotopic (exact) mass is 850 g/mol. The molecule has 0 spiro atoms. The lowest BCUT2D eigenvalue weighted by molar-refractivity contribution is 0.466. The van der Waals surface area contributed by atoms with E-state index in [4.69, 9.17) is 9.97 Å². The average Bonchev–Trinajstić information content (AvgIpc) is 3.71. The van der Waals surface area contributed by atoms with Crippen LogP contribution in [0.25, 0.3) is 83.9 Å². The van der Waals surface area contributed by atoms with Crippen LogP contribution in [0, 0.1) is 0 Å². The molecule has 9 rings (SSSR count). The Morgan fingerprint density at radius 1 is 0.523 bits per heavy atom. The maximum Gasteiger partial charge on any atom is 0.149 e. The van der Waals surface area contributed by atoms with Crippen molar-refractivity contribution < 1.29 is 6.48 Å². The lowest BCUT2D eigenvalue weighted by atomic mass is 9.80. The highest BCUT2D eigenvalue weighted by Gasteiger charge is 2.26. The molecule has 2 aromatic heterocycles. The van der Waals surface area contributed by atoms with Crippen LogP contribution in [0.2, 0.25) is 0 Å². The minimum atomic E-state index is -0.942. The Balaban J connectivity index is 1.33. The first-order chi connectivity index (χ1) is 31.6. The molecule has 0 bridgehead atoms. The number of fused-ring (bicyclic) bond motifs is 1. The van der Waals surface area contributed by atoms with E-state index in [0.717, 1.165) is 89.2 Å². The predicted molar refractivity (Wildman–Crippen MR) is 274 cm³/mol. The SMILES string of the molecule is [2H]C(C)(C)c1cc(-n2c(-c3cc(C(C)C)cc(C(C)C)c3O)nc3c(-c4cc(-c5ccccc5)cc(-c5cc(-c6ccccc6)ccn5)c4)cccc32)ccc1-c1ccccc1C(C)(C)C. The molecule has 0 aliphatic heterocycles. The number of aromatic hydroxyl groups is 1. The largest absolute Gasteiger partial charge is 0.507 e. The molecule has 7 aromatic carbocycles. The van der Waals surface area contributed by atoms with Gasteiger partial charge in [0.15, 0.2) is 0 Å². The molecule has 0 fully saturated rings. The molecule has 65 heavy (non-hydrogen) atoms. The molecule has 1 N–H and O–H groups in total. The van der Waals surface area contributed by atoms with E-state index in [-0.39, 0.29) is 23.0 Å². The summed E-state index contributed by atoms with van der Waals surface area (Å²) >= 11 is 0. The van der Waals surface area contributed by atoms with E-state index >= 15 is 0 Å². The molecule has 9 aromatic rings. The van der Waals surface area contributed by atoms with E-state index < -0.39 is 5.89 Å². The van der Waals surface area contributed by atoms with Crippen molar-refractivity contribution in [2.75, 3.05) is 0 Å². The maximum absolute atomic E-state index is 12.3. The molecule has 0 aliphatic rings. The van der Waals surface area contributed by atoms with Crippen LogP contribution in [0.3, 0.4) is 0 Å². The van der Waals surface area contributed by atoms with Gasteiger partial charge in [0.1, 0.15) is 11.6 Å². The van der Waals surface area contributed by atoms with E-state index in [1.807, 2.05) is 32.2 Å². The van der Waals surface area contributed by atoms with Crippen molar-refractivity contribution in [3.05, 3.63) is 192 Å². The number of hydrogen-bond donors (Lipinski definition) is 1. The number of pyridine rings is 1. The summed E-state index contributed by atoms with van der Waals surface area (Å²) in [4.78, 5) is 10.5. The van der Waals surface area contributed by atoms with Crippen molar-refractivity contribution in [1.82, 2.24) is 14.5 Å². The summed E-state index contributed by atoms with van der Waals surface area (Å²) in [6, 6.07) is 57.6. The van der Waals surface area contributed by atoms with Crippen molar-refractivity contribution in [1.29, 1.82) is 0 Å². The van der Waals surface area contributed by atoms with Gasteiger partial charge in [0.25, 0.3) is 0 Å². The summed E-state index contributed by atoms with van der Waals surface area (Å²) in [7, 11) is 0. The van der Waals surface area contributed by atoms with Gasteiger partial charge in [-0.05, 0) is 139 Å². The van der Waals surface area contributed by atoms with E-state index in [1.165, 1.54) is 5.56 Å². The van der Waals surface area contributed by atoms with Gasteiger partial charge in [0.05, 0.1) is 22.3 Å². The summed E-state index contributed by atoms with van der Waals surface area (Å²) in [5.74, 6) is 0.251. The predicted octanol–water partition coefficient (Wildman–Crippen LogP) is 16.8. The molecule has 0 saturated heterocycles. The van der Waals surface area contributed by atoms with Gasteiger partial charge in [0.2, 0.25) is 0 Å². The average molecular weight is 851 g/mol. The number of phenols is 1. The second-order valence-electron chi connectivity index (χ2n) is 19.2. The summed E-state index contributed by atoms with van der Waals surface area (Å²) in [5, 5.41) is 12.3. The highest BCUT2D eigenvalue weighted by atomic mass is 16.3. The molecule has 324 valence electrons. The van der Waals surface area contributed by atoms with Crippen molar-refractivity contribution in [2.45, 2.75) is 85.5 Å². The van der Waals surface area contributed by atoms with Crippen molar-refractivity contribution in [2.24, 2.45) is 0 Å². The highest BCUT2D eigenvalue weighted by Crippen LogP contribution is 2.45. The number of rotatable bonds is 10. The number of aromatic nitrogens is 3. The second kappa shape index (κ2) is 17.5. The summed E-state index contributed by atoms with van der Waals surface area (Å²) in [6.45, 7) is 19.3. The topological polar surface area (TPSA) is 50.9 Å². The molecule has 4 heteroatoms. The van der Waals surface area contributed by atoms with Gasteiger partial charge in [-0.15, -0.1) is 0 Å². The molecule has 0 atom stereocenters. The van der Waals surface area contributed by atoms with Gasteiger partial charge in [-0.1, -0.05) is 172 Å². The Labute approximate surface area is 386 Å². The van der Waals surface area contributed by atoms with Crippen LogP contribution in [-0.4, -0.2) is 19.6 Å². The minimum Gasteiger partial charge on any atom is -0.507 e. The van der Waals surface area contributed by atoms with Crippen LogP contribution < -0.4 is 0 Å². The van der Waals surface area contributed by atoms with Crippen molar-refractivity contribution in [3.8, 4) is 78.6 Å². The number of para-hydroxylation sites is 1. The van der Waals surface area contributed by atoms with Crippen LogP contribution in [0.4, 0.5) is 0 Å². The van der Waals surface area contributed by atoms with Crippen LogP contribution in [-0.2, 0) is 5.41 Å².